The summed E-state index contributed by atoms with van der Waals surface area (Å²) in [5.74, 6) is 0. The molecule has 0 aliphatic heterocycles. The first-order valence-corrected chi connectivity index (χ1v) is 7.00. The summed E-state index contributed by atoms with van der Waals surface area (Å²) in [7, 11) is 0. The summed E-state index contributed by atoms with van der Waals surface area (Å²) in [5.41, 5.74) is 1.02. The van der Waals surface area contributed by atoms with Gasteiger partial charge in [-0.25, -0.2) is 0 Å². The van der Waals surface area contributed by atoms with Crippen molar-refractivity contribution in [3.8, 4) is 0 Å². The van der Waals surface area contributed by atoms with Crippen molar-refractivity contribution in [2.75, 3.05) is 11.9 Å². The first-order valence-electron chi connectivity index (χ1n) is 5.39. The van der Waals surface area contributed by atoms with Gasteiger partial charge in [0.25, 0.3) is 0 Å². The molecule has 17 heavy (non-hydrogen) atoms. The van der Waals surface area contributed by atoms with Crippen molar-refractivity contribution in [3.63, 3.8) is 0 Å². The van der Waals surface area contributed by atoms with Crippen LogP contribution in [-0.4, -0.2) is 11.7 Å². The Balaban J connectivity index is 2.17. The number of hydrogen-bond donors (Lipinski definition) is 2. The minimum Gasteiger partial charge on any atom is -0.394 e. The molecule has 0 bridgehead atoms. The molecule has 2 N–H and O–H groups in total. The first-order chi connectivity index (χ1) is 8.20. The van der Waals surface area contributed by atoms with Gasteiger partial charge in [-0.3, -0.25) is 0 Å². The lowest BCUT2D eigenvalue weighted by Crippen LogP contribution is -2.13. The molecule has 4 heteroatoms. The highest BCUT2D eigenvalue weighted by Gasteiger charge is 2.14. The predicted molar refractivity (Wildman–Crippen MR) is 76.6 cm³/mol. The Kier molecular flexibility index (Phi) is 4.20. The second kappa shape index (κ2) is 5.67. The van der Waals surface area contributed by atoms with Gasteiger partial charge in [0, 0.05) is 19.9 Å². The quantitative estimate of drug-likeness (QED) is 0.895. The summed E-state index contributed by atoms with van der Waals surface area (Å²) in [5, 5.41) is 12.8. The zero-order valence-corrected chi connectivity index (χ0v) is 11.9. The van der Waals surface area contributed by atoms with Gasteiger partial charge >= 0.3 is 0 Å². The lowest BCUT2D eigenvalue weighted by atomic mass is 10.2. The van der Waals surface area contributed by atoms with Gasteiger partial charge in [-0.2, -0.15) is 0 Å². The highest BCUT2D eigenvalue weighted by atomic mass is 79.9. The number of benzene rings is 1. The molecule has 90 valence electrons. The molecule has 1 unspecified atom stereocenters. The van der Waals surface area contributed by atoms with Gasteiger partial charge in [-0.15, -0.1) is 11.3 Å². The van der Waals surface area contributed by atoms with E-state index in [0.717, 1.165) is 15.0 Å². The molecule has 1 atom stereocenters. The fraction of sp³-hybridized carbons (Fsp3) is 0.231. The van der Waals surface area contributed by atoms with Gasteiger partial charge in [-0.1, -0.05) is 18.2 Å². The number of rotatable bonds is 4. The lowest BCUT2D eigenvalue weighted by molar-refractivity contribution is 0.278. The van der Waals surface area contributed by atoms with E-state index in [1.165, 1.54) is 4.88 Å². The third-order valence-corrected chi connectivity index (χ3v) is 4.77. The van der Waals surface area contributed by atoms with Crippen LogP contribution in [0.4, 0.5) is 5.69 Å². The summed E-state index contributed by atoms with van der Waals surface area (Å²) in [6, 6.07) is 11.9. The van der Waals surface area contributed by atoms with Crippen LogP contribution in [-0.2, 0) is 0 Å². The standard InChI is InChI=1S/C13H14BrNOS/c1-9-11(14)7-13(17-9)12(8-16)15-10-5-3-2-4-6-10/h2-7,12,15-16H,8H2,1H3. The van der Waals surface area contributed by atoms with Crippen LogP contribution in [0.25, 0.3) is 0 Å². The van der Waals surface area contributed by atoms with E-state index in [4.69, 9.17) is 0 Å². The number of thiophene rings is 1. The largest absolute Gasteiger partial charge is 0.394 e. The fourth-order valence-electron chi connectivity index (χ4n) is 1.60. The van der Waals surface area contributed by atoms with Crippen LogP contribution in [0.3, 0.4) is 0 Å². The maximum Gasteiger partial charge on any atom is 0.0838 e. The Morgan fingerprint density at radius 2 is 2.06 bits per heavy atom. The average Bonchev–Trinajstić information content (AvgIpc) is 2.68. The maximum absolute atomic E-state index is 9.47. The van der Waals surface area contributed by atoms with Crippen molar-refractivity contribution in [3.05, 3.63) is 50.6 Å². The Hall–Kier alpha value is -0.840. The average molecular weight is 312 g/mol. The molecule has 0 fully saturated rings. The number of aryl methyl sites for hydroxylation is 1. The molecule has 2 aromatic rings. The first kappa shape index (κ1) is 12.6. The Morgan fingerprint density at radius 3 is 2.59 bits per heavy atom. The topological polar surface area (TPSA) is 32.3 Å². The number of nitrogens with one attached hydrogen (secondary N) is 1. The van der Waals surface area contributed by atoms with E-state index < -0.39 is 0 Å². The van der Waals surface area contributed by atoms with E-state index in [1.54, 1.807) is 11.3 Å². The molecule has 2 nitrogen and oxygen atoms in total. The highest BCUT2D eigenvalue weighted by molar-refractivity contribution is 9.10. The van der Waals surface area contributed by atoms with Crippen LogP contribution >= 0.6 is 27.3 Å². The molecule has 1 aromatic heterocycles. The molecule has 1 aromatic carbocycles. The Bertz CT molecular complexity index is 464. The second-order valence-corrected chi connectivity index (χ2v) is 5.94. The van der Waals surface area contributed by atoms with Gasteiger partial charge in [0.15, 0.2) is 0 Å². The zero-order valence-electron chi connectivity index (χ0n) is 9.48. The van der Waals surface area contributed by atoms with E-state index in [-0.39, 0.29) is 12.6 Å². The number of hydrogen-bond acceptors (Lipinski definition) is 3. The van der Waals surface area contributed by atoms with Gasteiger partial charge < -0.3 is 10.4 Å². The number of aliphatic hydroxyl groups excluding tert-OH is 1. The molecule has 0 spiro atoms. The fourth-order valence-corrected chi connectivity index (χ4v) is 3.20. The highest BCUT2D eigenvalue weighted by Crippen LogP contribution is 2.32. The third kappa shape index (κ3) is 3.09. The molecule has 0 saturated heterocycles. The van der Waals surface area contributed by atoms with Crippen LogP contribution in [0.1, 0.15) is 15.8 Å². The minimum absolute atomic E-state index is 0.0487. The van der Waals surface area contributed by atoms with Crippen molar-refractivity contribution >= 4 is 33.0 Å². The number of aliphatic hydroxyl groups is 1. The van der Waals surface area contributed by atoms with Crippen LogP contribution in [0.5, 0.6) is 0 Å². The monoisotopic (exact) mass is 311 g/mol. The van der Waals surface area contributed by atoms with E-state index >= 15 is 0 Å². The molecule has 0 saturated carbocycles. The van der Waals surface area contributed by atoms with Gasteiger partial charge in [0.2, 0.25) is 0 Å². The summed E-state index contributed by atoms with van der Waals surface area (Å²) >= 11 is 5.20. The van der Waals surface area contributed by atoms with Gasteiger partial charge in [0.05, 0.1) is 12.6 Å². The molecule has 0 aliphatic rings. The molecule has 2 rings (SSSR count). The lowest BCUT2D eigenvalue weighted by Gasteiger charge is -2.15. The molecule has 0 aliphatic carbocycles. The van der Waals surface area contributed by atoms with E-state index in [2.05, 4.69) is 34.2 Å². The summed E-state index contributed by atoms with van der Waals surface area (Å²) in [6.07, 6.45) is 0. The van der Waals surface area contributed by atoms with Crippen LogP contribution in [0.15, 0.2) is 40.9 Å². The minimum atomic E-state index is -0.0487. The van der Waals surface area contributed by atoms with E-state index in [9.17, 15) is 5.11 Å². The van der Waals surface area contributed by atoms with E-state index in [1.807, 2.05) is 30.3 Å². The van der Waals surface area contributed by atoms with Crippen LogP contribution in [0.2, 0.25) is 0 Å². The van der Waals surface area contributed by atoms with Gasteiger partial charge in [-0.05, 0) is 41.1 Å². The summed E-state index contributed by atoms with van der Waals surface area (Å²) < 4.78 is 1.10. The van der Waals surface area contributed by atoms with Crippen molar-refractivity contribution < 1.29 is 5.11 Å². The molecular formula is C13H14BrNOS. The van der Waals surface area contributed by atoms with Crippen LogP contribution in [0, 0.1) is 6.92 Å². The van der Waals surface area contributed by atoms with Crippen molar-refractivity contribution in [1.82, 2.24) is 0 Å². The van der Waals surface area contributed by atoms with Crippen molar-refractivity contribution in [2.45, 2.75) is 13.0 Å². The molecule has 0 amide bonds. The Labute approximate surface area is 113 Å². The zero-order chi connectivity index (χ0) is 12.3. The SMILES string of the molecule is Cc1sc(C(CO)Nc2ccccc2)cc1Br. The summed E-state index contributed by atoms with van der Waals surface area (Å²) in [4.78, 5) is 2.37. The second-order valence-electron chi connectivity index (χ2n) is 3.80. The molecular weight excluding hydrogens is 298 g/mol. The number of anilines is 1. The van der Waals surface area contributed by atoms with Crippen molar-refractivity contribution in [2.24, 2.45) is 0 Å². The normalized spacial score (nSPS) is 12.4. The van der Waals surface area contributed by atoms with Crippen molar-refractivity contribution in [1.29, 1.82) is 0 Å². The summed E-state index contributed by atoms with van der Waals surface area (Å²) in [6.45, 7) is 2.15. The number of para-hydroxylation sites is 1. The maximum atomic E-state index is 9.47. The smallest absolute Gasteiger partial charge is 0.0838 e. The number of halogens is 1. The van der Waals surface area contributed by atoms with Crippen LogP contribution < -0.4 is 5.32 Å². The molecule has 0 radical (unpaired) electrons. The van der Waals surface area contributed by atoms with Gasteiger partial charge in [0.1, 0.15) is 0 Å². The Morgan fingerprint density at radius 1 is 1.35 bits per heavy atom. The third-order valence-electron chi connectivity index (χ3n) is 2.52. The van der Waals surface area contributed by atoms with E-state index in [0.29, 0.717) is 0 Å². The molecule has 1 heterocycles. The predicted octanol–water partition coefficient (Wildman–Crippen LogP) is 3.96.